The summed E-state index contributed by atoms with van der Waals surface area (Å²) in [6, 6.07) is 17.5. The Balaban J connectivity index is 1.41. The third-order valence-electron chi connectivity index (χ3n) is 8.05. The topological polar surface area (TPSA) is 164 Å². The highest BCUT2D eigenvalue weighted by Crippen LogP contribution is 2.40. The summed E-state index contributed by atoms with van der Waals surface area (Å²) in [6.45, 7) is 6.20. The molecule has 12 heteroatoms. The van der Waals surface area contributed by atoms with Crippen molar-refractivity contribution in [1.82, 2.24) is 10.6 Å². The minimum Gasteiger partial charge on any atom is -0.468 e. The van der Waals surface area contributed by atoms with Gasteiger partial charge in [-0.3, -0.25) is 20.1 Å². The van der Waals surface area contributed by atoms with E-state index in [0.717, 1.165) is 31.6 Å². The summed E-state index contributed by atoms with van der Waals surface area (Å²) < 4.78 is 10.1. The molecule has 12 nitrogen and oxygen atoms in total. The second-order valence-electron chi connectivity index (χ2n) is 10.8. The lowest BCUT2D eigenvalue weighted by Crippen LogP contribution is -2.43. The lowest BCUT2D eigenvalue weighted by atomic mass is 9.75. The minimum atomic E-state index is -0.813. The van der Waals surface area contributed by atoms with E-state index < -0.39 is 23.8 Å². The maximum atomic E-state index is 12.9. The molecule has 1 saturated heterocycles. The number of nitriles is 2. The Morgan fingerprint density at radius 3 is 2.51 bits per heavy atom. The smallest absolute Gasteiger partial charge is 0.336 e. The van der Waals surface area contributed by atoms with Crippen LogP contribution in [0.4, 0.5) is 11.4 Å². The average Bonchev–Trinajstić information content (AvgIpc) is 3.06. The number of aliphatic imine (C=N–C) groups is 2. The van der Waals surface area contributed by atoms with Crippen LogP contribution in [0.1, 0.15) is 43.7 Å². The summed E-state index contributed by atoms with van der Waals surface area (Å²) in [5.74, 6) is -2.30. The molecular formula is C33H38N8O4. The Morgan fingerprint density at radius 2 is 1.82 bits per heavy atom. The van der Waals surface area contributed by atoms with Crippen molar-refractivity contribution in [3.05, 3.63) is 70.9 Å². The first-order valence-corrected chi connectivity index (χ1v) is 14.8. The van der Waals surface area contributed by atoms with Crippen molar-refractivity contribution in [3.63, 3.8) is 0 Å². The van der Waals surface area contributed by atoms with Crippen molar-refractivity contribution in [2.45, 2.75) is 38.6 Å². The van der Waals surface area contributed by atoms with Crippen molar-refractivity contribution >= 4 is 35.0 Å². The second kappa shape index (κ2) is 15.5. The van der Waals surface area contributed by atoms with E-state index in [4.69, 9.17) is 9.47 Å². The normalized spacial score (nSPS) is 18.8. The standard InChI is InChI=1S/C33H38N8O4/c1-21-28(31(42)44-3)30(29(22(2)39-21)32(43)45-4)23-9-7-10-26(18-23)40-33(38-20-35)37-15-14-36-25-12-16-41(17-13-25)27-11-6-5-8-24(27)19-34/h5-11,18,25,28,30,36H,12-17H2,1-4H3,(H2,37,38,40). The Labute approximate surface area is 263 Å². The lowest BCUT2D eigenvalue weighted by molar-refractivity contribution is -0.143. The van der Waals surface area contributed by atoms with Crippen LogP contribution in [-0.2, 0) is 19.1 Å². The fourth-order valence-electron chi connectivity index (χ4n) is 5.92. The van der Waals surface area contributed by atoms with Gasteiger partial charge in [0.05, 0.1) is 37.6 Å². The number of rotatable bonds is 9. The number of nitrogens with zero attached hydrogens (tertiary/aromatic N) is 5. The Kier molecular flexibility index (Phi) is 11.3. The molecule has 45 heavy (non-hydrogen) atoms. The van der Waals surface area contributed by atoms with Crippen LogP contribution in [0.15, 0.2) is 69.8 Å². The maximum absolute atomic E-state index is 12.9. The van der Waals surface area contributed by atoms with Gasteiger partial charge in [0.2, 0.25) is 5.96 Å². The van der Waals surface area contributed by atoms with E-state index in [2.05, 4.69) is 36.9 Å². The number of allylic oxidation sites excluding steroid dienone is 1. The number of hydrogen-bond acceptors (Lipinski definition) is 10. The molecule has 0 aromatic heterocycles. The van der Waals surface area contributed by atoms with Crippen LogP contribution in [0.25, 0.3) is 0 Å². The number of benzene rings is 2. The summed E-state index contributed by atoms with van der Waals surface area (Å²) in [5.41, 5.74) is 4.24. The third kappa shape index (κ3) is 7.85. The predicted octanol–water partition coefficient (Wildman–Crippen LogP) is 3.45. The highest BCUT2D eigenvalue weighted by Gasteiger charge is 2.42. The van der Waals surface area contributed by atoms with Gasteiger partial charge in [0, 0.05) is 48.7 Å². The number of guanidine groups is 1. The summed E-state index contributed by atoms with van der Waals surface area (Å²) in [7, 11) is 2.60. The molecule has 3 N–H and O–H groups in total. The molecule has 2 aliphatic rings. The number of methoxy groups -OCH3 is 2. The molecule has 2 unspecified atom stereocenters. The zero-order valence-electron chi connectivity index (χ0n) is 26.0. The molecule has 0 spiro atoms. The van der Waals surface area contributed by atoms with Crippen LogP contribution >= 0.6 is 0 Å². The number of nitrogens with one attached hydrogen (secondary N) is 3. The molecule has 0 amide bonds. The van der Waals surface area contributed by atoms with Gasteiger partial charge < -0.3 is 25.0 Å². The van der Waals surface area contributed by atoms with Crippen molar-refractivity contribution in [1.29, 1.82) is 10.5 Å². The van der Waals surface area contributed by atoms with Gasteiger partial charge in [0.1, 0.15) is 12.0 Å². The summed E-state index contributed by atoms with van der Waals surface area (Å²) in [5, 5.41) is 28.1. The molecule has 0 radical (unpaired) electrons. The number of para-hydroxylation sites is 1. The van der Waals surface area contributed by atoms with Crippen molar-refractivity contribution in [3.8, 4) is 12.3 Å². The number of hydrogen-bond donors (Lipinski definition) is 3. The molecule has 0 aliphatic carbocycles. The van der Waals surface area contributed by atoms with E-state index in [1.165, 1.54) is 14.2 Å². The molecular weight excluding hydrogens is 572 g/mol. The number of carbonyl (C=O) groups excluding carboxylic acids is 2. The Bertz CT molecular complexity index is 1580. The zero-order valence-corrected chi connectivity index (χ0v) is 26.0. The molecule has 0 bridgehead atoms. The van der Waals surface area contributed by atoms with E-state index in [-0.39, 0.29) is 11.5 Å². The molecule has 2 aliphatic heterocycles. The van der Waals surface area contributed by atoms with E-state index >= 15 is 0 Å². The predicted molar refractivity (Wildman–Crippen MR) is 172 cm³/mol. The molecule has 1 fully saturated rings. The average molecular weight is 611 g/mol. The van der Waals surface area contributed by atoms with Crippen molar-refractivity contribution < 1.29 is 19.1 Å². The summed E-state index contributed by atoms with van der Waals surface area (Å²) >= 11 is 0. The van der Waals surface area contributed by atoms with Gasteiger partial charge in [-0.2, -0.15) is 10.5 Å². The molecule has 2 aromatic rings. The van der Waals surface area contributed by atoms with E-state index in [1.54, 1.807) is 32.0 Å². The zero-order chi connectivity index (χ0) is 32.3. The summed E-state index contributed by atoms with van der Waals surface area (Å²) in [6.07, 6.45) is 3.80. The lowest BCUT2D eigenvalue weighted by Gasteiger charge is -2.34. The first kappa shape index (κ1) is 32.7. The van der Waals surface area contributed by atoms with Crippen molar-refractivity contribution in [2.24, 2.45) is 15.9 Å². The quantitative estimate of drug-likeness (QED) is 0.0957. The van der Waals surface area contributed by atoms with Gasteiger partial charge in [-0.15, -0.1) is 0 Å². The van der Waals surface area contributed by atoms with Crippen LogP contribution in [0.3, 0.4) is 0 Å². The van der Waals surface area contributed by atoms with Gasteiger partial charge in [0.25, 0.3) is 0 Å². The molecule has 234 valence electrons. The second-order valence-corrected chi connectivity index (χ2v) is 10.8. The Morgan fingerprint density at radius 1 is 1.07 bits per heavy atom. The van der Waals surface area contributed by atoms with Gasteiger partial charge in [-0.25, -0.2) is 4.79 Å². The van der Waals surface area contributed by atoms with Crippen LogP contribution in [0, 0.1) is 28.7 Å². The van der Waals surface area contributed by atoms with Gasteiger partial charge in [-0.05, 0) is 56.5 Å². The van der Waals surface area contributed by atoms with Crippen molar-refractivity contribution in [2.75, 3.05) is 50.6 Å². The van der Waals surface area contributed by atoms with Crippen LogP contribution in [0.2, 0.25) is 0 Å². The van der Waals surface area contributed by atoms with E-state index in [9.17, 15) is 20.1 Å². The van der Waals surface area contributed by atoms with Gasteiger partial charge >= 0.3 is 11.9 Å². The molecule has 2 heterocycles. The first-order valence-electron chi connectivity index (χ1n) is 14.8. The number of esters is 2. The van der Waals surface area contributed by atoms with Gasteiger partial charge in [0.15, 0.2) is 6.19 Å². The highest BCUT2D eigenvalue weighted by molar-refractivity contribution is 6.07. The number of carbonyl (C=O) groups is 2. The number of piperidine rings is 1. The van der Waals surface area contributed by atoms with E-state index in [1.807, 2.05) is 36.5 Å². The SMILES string of the molecule is COC(=O)C1=C(C)N=C(C)C(C(=O)OC)C1c1cccc(NC(=NCCNC2CCN(c3ccccc3C#N)CC2)NC#N)c1. The van der Waals surface area contributed by atoms with Crippen LogP contribution in [-0.4, -0.2) is 70.1 Å². The monoisotopic (exact) mass is 610 g/mol. The fraction of sp³-hybridized carbons (Fsp3) is 0.394. The minimum absolute atomic E-state index is 0.269. The number of ether oxygens (including phenoxy) is 2. The first-order chi connectivity index (χ1) is 21.8. The largest absolute Gasteiger partial charge is 0.468 e. The highest BCUT2D eigenvalue weighted by atomic mass is 16.5. The molecule has 0 saturated carbocycles. The van der Waals surface area contributed by atoms with Crippen LogP contribution < -0.4 is 20.9 Å². The maximum Gasteiger partial charge on any atom is 0.336 e. The Hall–Kier alpha value is -5.20. The fourth-order valence-corrected chi connectivity index (χ4v) is 5.92. The van der Waals surface area contributed by atoms with E-state index in [0.29, 0.717) is 47.4 Å². The summed E-state index contributed by atoms with van der Waals surface area (Å²) in [4.78, 5) is 36.9. The molecule has 4 rings (SSSR count). The molecule has 2 aromatic carbocycles. The van der Waals surface area contributed by atoms with Gasteiger partial charge in [-0.1, -0.05) is 24.3 Å². The number of anilines is 2. The third-order valence-corrected chi connectivity index (χ3v) is 8.05. The van der Waals surface area contributed by atoms with Crippen LogP contribution in [0.5, 0.6) is 0 Å². The molecule has 2 atom stereocenters.